The van der Waals surface area contributed by atoms with Crippen molar-refractivity contribution in [2.24, 2.45) is 11.5 Å². The van der Waals surface area contributed by atoms with Crippen molar-refractivity contribution in [2.75, 3.05) is 0 Å². The molecule has 108 valence electrons. The van der Waals surface area contributed by atoms with Crippen LogP contribution in [0.15, 0.2) is 54.6 Å². The number of hydrogen-bond acceptors (Lipinski definition) is 2. The molecule has 0 bridgehead atoms. The van der Waals surface area contributed by atoms with Gasteiger partial charge in [-0.1, -0.05) is 54.1 Å². The van der Waals surface area contributed by atoms with Crippen LogP contribution in [0.3, 0.4) is 0 Å². The second kappa shape index (κ2) is 6.41. The largest absolute Gasteiger partial charge is 0.369 e. The molecule has 0 aliphatic rings. The Morgan fingerprint density at radius 2 is 1.19 bits per heavy atom. The maximum atomic E-state index is 11.9. The Bertz CT molecular complexity index is 641. The van der Waals surface area contributed by atoms with Crippen molar-refractivity contribution in [1.82, 2.24) is 0 Å². The molecule has 0 saturated carbocycles. The van der Waals surface area contributed by atoms with Crippen LogP contribution in [0.25, 0.3) is 0 Å². The average molecular weight is 303 g/mol. The maximum absolute atomic E-state index is 11.9. The molecule has 0 aliphatic heterocycles. The zero-order chi connectivity index (χ0) is 15.4. The molecule has 4 N–H and O–H groups in total. The molecule has 0 aromatic heterocycles. The first-order valence-electron chi connectivity index (χ1n) is 6.39. The first-order valence-corrected chi connectivity index (χ1v) is 6.77. The zero-order valence-corrected chi connectivity index (χ0v) is 12.0. The van der Waals surface area contributed by atoms with Gasteiger partial charge in [0.1, 0.15) is 0 Å². The summed E-state index contributed by atoms with van der Waals surface area (Å²) in [4.78, 5) is 23.8. The molecular weight excluding hydrogens is 288 g/mol. The second-order valence-electron chi connectivity index (χ2n) is 4.72. The van der Waals surface area contributed by atoms with Crippen LogP contribution in [0.2, 0.25) is 5.02 Å². The van der Waals surface area contributed by atoms with Crippen LogP contribution in [0.5, 0.6) is 0 Å². The summed E-state index contributed by atoms with van der Waals surface area (Å²) in [6, 6.07) is 15.5. The van der Waals surface area contributed by atoms with E-state index in [1.165, 1.54) is 0 Å². The number of carbonyl (C=O) groups excluding carboxylic acids is 2. The van der Waals surface area contributed by atoms with Gasteiger partial charge >= 0.3 is 0 Å². The molecule has 2 amide bonds. The Labute approximate surface area is 127 Å². The number of rotatable bonds is 5. The second-order valence-corrected chi connectivity index (χ2v) is 5.16. The van der Waals surface area contributed by atoms with E-state index in [0.717, 1.165) is 0 Å². The number of halogens is 1. The summed E-state index contributed by atoms with van der Waals surface area (Å²) in [5.41, 5.74) is 12.3. The summed E-state index contributed by atoms with van der Waals surface area (Å²) in [5, 5.41) is 0.539. The fraction of sp³-hybridized carbons (Fsp3) is 0.125. The smallest absolute Gasteiger partial charge is 0.226 e. The normalized spacial score (nSPS) is 13.4. The van der Waals surface area contributed by atoms with E-state index in [0.29, 0.717) is 16.1 Å². The molecule has 4 nitrogen and oxygen atoms in total. The SMILES string of the molecule is NC(=O)[C@H](c1ccc(Cl)cc1)[C@@H](C(N)=O)c1ccccc1. The van der Waals surface area contributed by atoms with Crippen LogP contribution in [-0.2, 0) is 9.59 Å². The van der Waals surface area contributed by atoms with Crippen LogP contribution in [0.4, 0.5) is 0 Å². The molecule has 5 heteroatoms. The topological polar surface area (TPSA) is 86.2 Å². The van der Waals surface area contributed by atoms with Gasteiger partial charge in [-0.05, 0) is 23.3 Å². The highest BCUT2D eigenvalue weighted by molar-refractivity contribution is 6.30. The molecule has 21 heavy (non-hydrogen) atoms. The van der Waals surface area contributed by atoms with Crippen LogP contribution in [0, 0.1) is 0 Å². The minimum Gasteiger partial charge on any atom is -0.369 e. The molecular formula is C16H15ClN2O2. The number of benzene rings is 2. The van der Waals surface area contributed by atoms with Crippen LogP contribution >= 0.6 is 11.6 Å². The van der Waals surface area contributed by atoms with Crippen molar-refractivity contribution in [3.63, 3.8) is 0 Å². The minimum absolute atomic E-state index is 0.539. The van der Waals surface area contributed by atoms with Crippen molar-refractivity contribution in [3.05, 3.63) is 70.7 Å². The highest BCUT2D eigenvalue weighted by atomic mass is 35.5. The molecule has 0 heterocycles. The van der Waals surface area contributed by atoms with Gasteiger partial charge in [-0.3, -0.25) is 9.59 Å². The fourth-order valence-corrected chi connectivity index (χ4v) is 2.50. The number of nitrogens with two attached hydrogens (primary N) is 2. The van der Waals surface area contributed by atoms with Gasteiger partial charge in [0, 0.05) is 5.02 Å². The quantitative estimate of drug-likeness (QED) is 0.887. The molecule has 2 aromatic rings. The van der Waals surface area contributed by atoms with Crippen LogP contribution < -0.4 is 11.5 Å². The lowest BCUT2D eigenvalue weighted by Gasteiger charge is -2.23. The first-order chi connectivity index (χ1) is 10.0. The molecule has 0 spiro atoms. The van der Waals surface area contributed by atoms with Crippen LogP contribution in [-0.4, -0.2) is 11.8 Å². The average Bonchev–Trinajstić information content (AvgIpc) is 2.46. The third-order valence-corrected chi connectivity index (χ3v) is 3.59. The minimum atomic E-state index is -0.831. The molecule has 0 aliphatic carbocycles. The first kappa shape index (κ1) is 15.1. The van der Waals surface area contributed by atoms with E-state index in [-0.39, 0.29) is 0 Å². The van der Waals surface area contributed by atoms with Gasteiger partial charge in [0.25, 0.3) is 0 Å². The summed E-state index contributed by atoms with van der Waals surface area (Å²) >= 11 is 5.85. The predicted molar refractivity (Wildman–Crippen MR) is 81.8 cm³/mol. The standard InChI is InChI=1S/C16H15ClN2O2/c17-12-8-6-11(7-9-12)14(16(19)21)13(15(18)20)10-4-2-1-3-5-10/h1-9,13-14H,(H2,18,20)(H2,19,21)/t13-,14+/m0/s1. The van der Waals surface area contributed by atoms with Crippen molar-refractivity contribution in [1.29, 1.82) is 0 Å². The van der Waals surface area contributed by atoms with Gasteiger partial charge in [0.2, 0.25) is 11.8 Å². The number of hydrogen-bond donors (Lipinski definition) is 2. The maximum Gasteiger partial charge on any atom is 0.226 e. The predicted octanol–water partition coefficient (Wildman–Crippen LogP) is 2.18. The van der Waals surface area contributed by atoms with Gasteiger partial charge in [-0.15, -0.1) is 0 Å². The lowest BCUT2D eigenvalue weighted by Crippen LogP contribution is -2.34. The van der Waals surface area contributed by atoms with E-state index in [4.69, 9.17) is 23.1 Å². The third kappa shape index (κ3) is 3.41. The van der Waals surface area contributed by atoms with Crippen molar-refractivity contribution in [3.8, 4) is 0 Å². The van der Waals surface area contributed by atoms with Crippen molar-refractivity contribution >= 4 is 23.4 Å². The number of amides is 2. The van der Waals surface area contributed by atoms with Crippen molar-refractivity contribution in [2.45, 2.75) is 11.8 Å². The Balaban J connectivity index is 2.50. The Kier molecular flexibility index (Phi) is 4.60. The summed E-state index contributed by atoms with van der Waals surface area (Å²) in [6.07, 6.45) is 0. The van der Waals surface area contributed by atoms with Gasteiger partial charge < -0.3 is 11.5 Å². The van der Waals surface area contributed by atoms with Gasteiger partial charge in [-0.2, -0.15) is 0 Å². The highest BCUT2D eigenvalue weighted by Gasteiger charge is 2.33. The molecule has 2 aromatic carbocycles. The lowest BCUT2D eigenvalue weighted by molar-refractivity contribution is -0.126. The summed E-state index contributed by atoms with van der Waals surface area (Å²) in [7, 11) is 0. The molecule has 2 rings (SSSR count). The van der Waals surface area contributed by atoms with Crippen LogP contribution in [0.1, 0.15) is 23.0 Å². The number of carbonyl (C=O) groups is 2. The number of primary amides is 2. The van der Waals surface area contributed by atoms with E-state index in [9.17, 15) is 9.59 Å². The molecule has 2 atom stereocenters. The molecule has 0 saturated heterocycles. The monoisotopic (exact) mass is 302 g/mol. The highest BCUT2D eigenvalue weighted by Crippen LogP contribution is 2.33. The summed E-state index contributed by atoms with van der Waals surface area (Å²) in [6.45, 7) is 0. The van der Waals surface area contributed by atoms with E-state index in [2.05, 4.69) is 0 Å². The third-order valence-electron chi connectivity index (χ3n) is 3.33. The van der Waals surface area contributed by atoms with Gasteiger partial charge in [0.05, 0.1) is 11.8 Å². The summed E-state index contributed by atoms with van der Waals surface area (Å²) < 4.78 is 0. The van der Waals surface area contributed by atoms with Gasteiger partial charge in [0.15, 0.2) is 0 Å². The van der Waals surface area contributed by atoms with E-state index in [1.807, 2.05) is 6.07 Å². The lowest BCUT2D eigenvalue weighted by atomic mass is 9.80. The molecule has 0 unspecified atom stereocenters. The summed E-state index contributed by atoms with van der Waals surface area (Å²) in [5.74, 6) is -2.85. The Morgan fingerprint density at radius 3 is 1.62 bits per heavy atom. The Hall–Kier alpha value is -2.33. The van der Waals surface area contributed by atoms with E-state index < -0.39 is 23.7 Å². The Morgan fingerprint density at radius 1 is 0.762 bits per heavy atom. The fourth-order valence-electron chi connectivity index (χ4n) is 2.37. The zero-order valence-electron chi connectivity index (χ0n) is 11.2. The van der Waals surface area contributed by atoms with E-state index in [1.54, 1.807) is 48.5 Å². The van der Waals surface area contributed by atoms with E-state index >= 15 is 0 Å². The molecule has 0 fully saturated rings. The van der Waals surface area contributed by atoms with Gasteiger partial charge in [-0.25, -0.2) is 0 Å². The molecule has 0 radical (unpaired) electrons. The van der Waals surface area contributed by atoms with Crippen molar-refractivity contribution < 1.29 is 9.59 Å².